The molecule has 0 radical (unpaired) electrons. The molecule has 1 saturated heterocycles. The standard InChI is InChI=1S/C20H33N5O/c1-15-8-7-9-17(16(15)2)24-10-12-25(13-11-24)19(21-6)22-14-18(26)23-20(3,4)5/h7-9H,10-14H2,1-6H3,(H,21,22)(H,23,26). The molecule has 1 heterocycles. The van der Waals surface area contributed by atoms with E-state index in [2.05, 4.69) is 57.5 Å². The smallest absolute Gasteiger partial charge is 0.239 e. The quantitative estimate of drug-likeness (QED) is 0.639. The third-order valence-electron chi connectivity index (χ3n) is 4.63. The average molecular weight is 360 g/mol. The van der Waals surface area contributed by atoms with Crippen LogP contribution >= 0.6 is 0 Å². The molecule has 0 bridgehead atoms. The first-order valence-electron chi connectivity index (χ1n) is 9.29. The lowest BCUT2D eigenvalue weighted by Gasteiger charge is -2.38. The molecule has 1 aromatic rings. The van der Waals surface area contributed by atoms with E-state index in [1.165, 1.54) is 16.8 Å². The maximum atomic E-state index is 12.0. The minimum Gasteiger partial charge on any atom is -0.368 e. The Hall–Kier alpha value is -2.24. The number of rotatable bonds is 3. The van der Waals surface area contributed by atoms with Crippen molar-refractivity contribution in [1.82, 2.24) is 15.5 Å². The number of aliphatic imine (C=N–C) groups is 1. The number of carbonyl (C=O) groups excluding carboxylic acids is 1. The number of guanidine groups is 1. The molecule has 0 atom stereocenters. The monoisotopic (exact) mass is 359 g/mol. The van der Waals surface area contributed by atoms with Gasteiger partial charge in [-0.2, -0.15) is 0 Å². The molecule has 1 fully saturated rings. The van der Waals surface area contributed by atoms with Crippen LogP contribution in [0, 0.1) is 13.8 Å². The molecule has 1 aromatic carbocycles. The van der Waals surface area contributed by atoms with Gasteiger partial charge in [-0.15, -0.1) is 0 Å². The molecule has 0 unspecified atom stereocenters. The molecule has 0 spiro atoms. The van der Waals surface area contributed by atoms with Crippen LogP contribution in [0.4, 0.5) is 5.69 Å². The molecule has 0 saturated carbocycles. The summed E-state index contributed by atoms with van der Waals surface area (Å²) in [6, 6.07) is 6.48. The van der Waals surface area contributed by atoms with Gasteiger partial charge in [0.2, 0.25) is 5.91 Å². The predicted molar refractivity (Wildman–Crippen MR) is 109 cm³/mol. The maximum absolute atomic E-state index is 12.0. The normalized spacial score (nSPS) is 15.8. The van der Waals surface area contributed by atoms with Crippen molar-refractivity contribution >= 4 is 17.6 Å². The van der Waals surface area contributed by atoms with Gasteiger partial charge in [-0.05, 0) is 51.8 Å². The minimum absolute atomic E-state index is 0.0207. The van der Waals surface area contributed by atoms with Gasteiger partial charge in [0.1, 0.15) is 0 Å². The van der Waals surface area contributed by atoms with Gasteiger partial charge in [0.25, 0.3) is 0 Å². The molecule has 2 N–H and O–H groups in total. The molecule has 2 rings (SSSR count). The molecule has 1 aliphatic rings. The van der Waals surface area contributed by atoms with Crippen LogP contribution < -0.4 is 15.5 Å². The fourth-order valence-electron chi connectivity index (χ4n) is 3.19. The Balaban J connectivity index is 1.89. The minimum atomic E-state index is -0.223. The van der Waals surface area contributed by atoms with E-state index >= 15 is 0 Å². The highest BCUT2D eigenvalue weighted by Crippen LogP contribution is 2.23. The fourth-order valence-corrected chi connectivity index (χ4v) is 3.19. The number of benzene rings is 1. The molecular formula is C20H33N5O. The number of aryl methyl sites for hydroxylation is 1. The topological polar surface area (TPSA) is 60.0 Å². The van der Waals surface area contributed by atoms with Gasteiger partial charge in [-0.1, -0.05) is 12.1 Å². The molecule has 144 valence electrons. The zero-order valence-electron chi connectivity index (χ0n) is 17.0. The zero-order valence-corrected chi connectivity index (χ0v) is 17.0. The molecule has 0 aromatic heterocycles. The molecule has 1 aliphatic heterocycles. The number of hydrogen-bond donors (Lipinski definition) is 2. The van der Waals surface area contributed by atoms with Crippen LogP contribution in [0.3, 0.4) is 0 Å². The Morgan fingerprint density at radius 3 is 2.38 bits per heavy atom. The largest absolute Gasteiger partial charge is 0.368 e. The highest BCUT2D eigenvalue weighted by atomic mass is 16.2. The third-order valence-corrected chi connectivity index (χ3v) is 4.63. The highest BCUT2D eigenvalue weighted by Gasteiger charge is 2.22. The van der Waals surface area contributed by atoms with Crippen molar-refractivity contribution in [2.75, 3.05) is 44.7 Å². The Labute approximate surface area is 157 Å². The number of nitrogens with one attached hydrogen (secondary N) is 2. The van der Waals surface area contributed by atoms with Crippen molar-refractivity contribution < 1.29 is 4.79 Å². The van der Waals surface area contributed by atoms with Crippen LogP contribution in [-0.2, 0) is 4.79 Å². The molecule has 6 heteroatoms. The van der Waals surface area contributed by atoms with Gasteiger partial charge in [0, 0.05) is 44.5 Å². The first-order valence-corrected chi connectivity index (χ1v) is 9.29. The summed E-state index contributed by atoms with van der Waals surface area (Å²) in [5.74, 6) is 0.766. The summed E-state index contributed by atoms with van der Waals surface area (Å²) in [7, 11) is 1.76. The van der Waals surface area contributed by atoms with E-state index in [0.29, 0.717) is 0 Å². The Kier molecular flexibility index (Phi) is 6.51. The maximum Gasteiger partial charge on any atom is 0.239 e. The summed E-state index contributed by atoms with van der Waals surface area (Å²) in [6.07, 6.45) is 0. The second kappa shape index (κ2) is 8.43. The van der Waals surface area contributed by atoms with Crippen LogP contribution in [0.25, 0.3) is 0 Å². The molecule has 0 aliphatic carbocycles. The number of hydrogen-bond acceptors (Lipinski definition) is 3. The van der Waals surface area contributed by atoms with Crippen molar-refractivity contribution in [2.24, 2.45) is 4.99 Å². The van der Waals surface area contributed by atoms with Gasteiger partial charge in [-0.25, -0.2) is 0 Å². The summed E-state index contributed by atoms with van der Waals surface area (Å²) < 4.78 is 0. The van der Waals surface area contributed by atoms with Gasteiger partial charge < -0.3 is 20.4 Å². The molecule has 1 amide bonds. The van der Waals surface area contributed by atoms with E-state index in [1.54, 1.807) is 7.05 Å². The fraction of sp³-hybridized carbons (Fsp3) is 0.600. The second-order valence-electron chi connectivity index (χ2n) is 7.89. The van der Waals surface area contributed by atoms with Crippen LogP contribution in [0.1, 0.15) is 31.9 Å². The van der Waals surface area contributed by atoms with Gasteiger partial charge in [-0.3, -0.25) is 9.79 Å². The van der Waals surface area contributed by atoms with E-state index in [4.69, 9.17) is 0 Å². The predicted octanol–water partition coefficient (Wildman–Crippen LogP) is 1.92. The number of piperazine rings is 1. The Bertz CT molecular complexity index is 655. The third kappa shape index (κ3) is 5.38. The van der Waals surface area contributed by atoms with E-state index in [1.807, 2.05) is 20.8 Å². The van der Waals surface area contributed by atoms with Crippen molar-refractivity contribution in [3.05, 3.63) is 29.3 Å². The van der Waals surface area contributed by atoms with Crippen molar-refractivity contribution in [3.8, 4) is 0 Å². The van der Waals surface area contributed by atoms with E-state index in [0.717, 1.165) is 32.1 Å². The lowest BCUT2D eigenvalue weighted by Crippen LogP contribution is -2.54. The zero-order chi connectivity index (χ0) is 19.3. The van der Waals surface area contributed by atoms with Crippen LogP contribution in [0.15, 0.2) is 23.2 Å². The molecule has 6 nitrogen and oxygen atoms in total. The van der Waals surface area contributed by atoms with Crippen molar-refractivity contribution in [1.29, 1.82) is 0 Å². The number of carbonyl (C=O) groups is 1. The van der Waals surface area contributed by atoms with Crippen LogP contribution in [-0.4, -0.2) is 62.1 Å². The van der Waals surface area contributed by atoms with Gasteiger partial charge in [0.15, 0.2) is 5.96 Å². The van der Waals surface area contributed by atoms with Crippen molar-refractivity contribution in [3.63, 3.8) is 0 Å². The number of anilines is 1. The number of amides is 1. The summed E-state index contributed by atoms with van der Waals surface area (Å²) in [6.45, 7) is 14.2. The average Bonchev–Trinajstić information content (AvgIpc) is 2.57. The summed E-state index contributed by atoms with van der Waals surface area (Å²) in [5, 5.41) is 6.14. The molecule has 26 heavy (non-hydrogen) atoms. The lowest BCUT2D eigenvalue weighted by atomic mass is 10.1. The van der Waals surface area contributed by atoms with E-state index in [-0.39, 0.29) is 18.0 Å². The van der Waals surface area contributed by atoms with Gasteiger partial charge >= 0.3 is 0 Å². The summed E-state index contributed by atoms with van der Waals surface area (Å²) in [4.78, 5) is 21.0. The summed E-state index contributed by atoms with van der Waals surface area (Å²) >= 11 is 0. The number of nitrogens with zero attached hydrogens (tertiary/aromatic N) is 3. The van der Waals surface area contributed by atoms with Gasteiger partial charge in [0.05, 0.1) is 6.54 Å². The van der Waals surface area contributed by atoms with E-state index in [9.17, 15) is 4.79 Å². The Morgan fingerprint density at radius 1 is 1.15 bits per heavy atom. The Morgan fingerprint density at radius 2 is 1.81 bits per heavy atom. The van der Waals surface area contributed by atoms with Crippen LogP contribution in [0.5, 0.6) is 0 Å². The SMILES string of the molecule is CN=C(NCC(=O)NC(C)(C)C)N1CCN(c2cccc(C)c2C)CC1. The first kappa shape index (κ1) is 20.1. The first-order chi connectivity index (χ1) is 12.2. The highest BCUT2D eigenvalue weighted by molar-refractivity contribution is 5.86. The van der Waals surface area contributed by atoms with E-state index < -0.39 is 0 Å². The second-order valence-corrected chi connectivity index (χ2v) is 7.89. The molecular weight excluding hydrogens is 326 g/mol. The lowest BCUT2D eigenvalue weighted by molar-refractivity contribution is -0.121. The summed E-state index contributed by atoms with van der Waals surface area (Å²) in [5.41, 5.74) is 3.77. The van der Waals surface area contributed by atoms with Crippen LogP contribution in [0.2, 0.25) is 0 Å². The van der Waals surface area contributed by atoms with Crippen molar-refractivity contribution in [2.45, 2.75) is 40.2 Å².